The van der Waals surface area contributed by atoms with Crippen LogP contribution in [0.15, 0.2) is 30.3 Å². The molecule has 0 radical (unpaired) electrons. The van der Waals surface area contributed by atoms with E-state index in [2.05, 4.69) is 6.07 Å². The van der Waals surface area contributed by atoms with Crippen molar-refractivity contribution in [3.63, 3.8) is 0 Å². The van der Waals surface area contributed by atoms with Gasteiger partial charge >= 0.3 is 0 Å². The first-order chi connectivity index (χ1) is 11.1. The molecule has 4 heteroatoms. The Balaban J connectivity index is 1.96. The quantitative estimate of drug-likeness (QED) is 0.751. The van der Waals surface area contributed by atoms with Crippen LogP contribution in [-0.2, 0) is 4.79 Å². The molecule has 1 fully saturated rings. The molecule has 1 aliphatic carbocycles. The van der Waals surface area contributed by atoms with E-state index in [9.17, 15) is 4.79 Å². The summed E-state index contributed by atoms with van der Waals surface area (Å²) in [5.74, 6) is 0.757. The molecule has 1 aliphatic rings. The van der Waals surface area contributed by atoms with Gasteiger partial charge in [-0.25, -0.2) is 0 Å². The Morgan fingerprint density at radius 2 is 2.22 bits per heavy atom. The molecule has 1 amide bonds. The number of nitriles is 1. The van der Waals surface area contributed by atoms with Crippen molar-refractivity contribution in [2.75, 3.05) is 7.05 Å². The summed E-state index contributed by atoms with van der Waals surface area (Å²) in [6, 6.07) is 9.80. The maximum absolute atomic E-state index is 12.1. The highest BCUT2D eigenvalue weighted by molar-refractivity contribution is 5.91. The first-order valence-corrected chi connectivity index (χ1v) is 8.18. The molecule has 1 aromatic carbocycles. The van der Waals surface area contributed by atoms with Gasteiger partial charge in [-0.1, -0.05) is 12.1 Å². The minimum atomic E-state index is -0.102. The van der Waals surface area contributed by atoms with E-state index in [1.165, 1.54) is 12.8 Å². The van der Waals surface area contributed by atoms with Gasteiger partial charge in [0.25, 0.3) is 0 Å². The predicted octanol–water partition coefficient (Wildman–Crippen LogP) is 3.78. The van der Waals surface area contributed by atoms with Crippen LogP contribution in [0.3, 0.4) is 0 Å². The highest BCUT2D eigenvalue weighted by Gasteiger charge is 2.16. The van der Waals surface area contributed by atoms with Crippen LogP contribution in [0.2, 0.25) is 0 Å². The maximum Gasteiger partial charge on any atom is 0.246 e. The average molecular weight is 312 g/mol. The van der Waals surface area contributed by atoms with E-state index in [4.69, 9.17) is 10.00 Å². The third kappa shape index (κ3) is 5.14. The summed E-state index contributed by atoms with van der Waals surface area (Å²) in [6.07, 6.45) is 8.73. The fourth-order valence-corrected chi connectivity index (χ4v) is 2.66. The molecule has 0 heterocycles. The SMILES string of the molecule is CC(CC#N)N(C)C(=O)C=Cc1cccc(OC2CCCC2)c1. The smallest absolute Gasteiger partial charge is 0.246 e. The average Bonchev–Trinajstić information content (AvgIpc) is 3.05. The standard InChI is InChI=1S/C19H24N2O2/c1-15(12-13-20)21(2)19(22)11-10-16-6-5-9-18(14-16)23-17-7-3-4-8-17/h5-6,9-11,14-15,17H,3-4,7-8,12H2,1-2H3. The molecule has 0 bridgehead atoms. The van der Waals surface area contributed by atoms with Crippen molar-refractivity contribution in [1.82, 2.24) is 4.90 Å². The first-order valence-electron chi connectivity index (χ1n) is 8.18. The summed E-state index contributed by atoms with van der Waals surface area (Å²) in [5.41, 5.74) is 0.940. The second-order valence-electron chi connectivity index (χ2n) is 6.09. The number of carbonyl (C=O) groups excluding carboxylic acids is 1. The lowest BCUT2D eigenvalue weighted by atomic mass is 10.2. The van der Waals surface area contributed by atoms with E-state index in [-0.39, 0.29) is 11.9 Å². The number of benzene rings is 1. The lowest BCUT2D eigenvalue weighted by Crippen LogP contribution is -2.33. The van der Waals surface area contributed by atoms with Crippen LogP contribution < -0.4 is 4.74 Å². The van der Waals surface area contributed by atoms with Crippen molar-refractivity contribution in [2.24, 2.45) is 0 Å². The van der Waals surface area contributed by atoms with Crippen LogP contribution >= 0.6 is 0 Å². The Morgan fingerprint density at radius 3 is 2.91 bits per heavy atom. The number of likely N-dealkylation sites (N-methyl/N-ethyl adjacent to an activating group) is 1. The third-order valence-electron chi connectivity index (χ3n) is 4.28. The summed E-state index contributed by atoms with van der Waals surface area (Å²) in [7, 11) is 1.72. The molecule has 0 N–H and O–H groups in total. The van der Waals surface area contributed by atoms with Crippen molar-refractivity contribution < 1.29 is 9.53 Å². The van der Waals surface area contributed by atoms with Gasteiger partial charge in [-0.2, -0.15) is 5.26 Å². The number of rotatable bonds is 6. The van der Waals surface area contributed by atoms with E-state index in [0.717, 1.165) is 24.2 Å². The molecule has 1 aromatic rings. The molecule has 1 saturated carbocycles. The van der Waals surface area contributed by atoms with Gasteiger partial charge in [-0.3, -0.25) is 4.79 Å². The topological polar surface area (TPSA) is 53.3 Å². The maximum atomic E-state index is 12.1. The second kappa shape index (κ2) is 8.38. The van der Waals surface area contributed by atoms with Crippen LogP contribution in [0.25, 0.3) is 6.08 Å². The minimum absolute atomic E-state index is 0.0887. The third-order valence-corrected chi connectivity index (χ3v) is 4.28. The van der Waals surface area contributed by atoms with Crippen molar-refractivity contribution in [2.45, 2.75) is 51.2 Å². The molecule has 0 aromatic heterocycles. The van der Waals surface area contributed by atoms with Gasteiger partial charge < -0.3 is 9.64 Å². The zero-order valence-corrected chi connectivity index (χ0v) is 13.9. The Kier molecular flexibility index (Phi) is 6.22. The number of ether oxygens (including phenoxy) is 1. The van der Waals surface area contributed by atoms with Gasteiger partial charge in [0, 0.05) is 19.2 Å². The number of amides is 1. The summed E-state index contributed by atoms with van der Waals surface area (Å²) in [6.45, 7) is 1.87. The van der Waals surface area contributed by atoms with Crippen LogP contribution in [0, 0.1) is 11.3 Å². The number of hydrogen-bond donors (Lipinski definition) is 0. The first kappa shape index (κ1) is 17.1. The molecular formula is C19H24N2O2. The van der Waals surface area contributed by atoms with Crippen molar-refractivity contribution in [3.05, 3.63) is 35.9 Å². The normalized spacial score (nSPS) is 16.2. The Bertz CT molecular complexity index is 598. The number of hydrogen-bond acceptors (Lipinski definition) is 3. The summed E-state index contributed by atoms with van der Waals surface area (Å²) in [5, 5.41) is 8.70. The van der Waals surface area contributed by atoms with Crippen LogP contribution in [0.1, 0.15) is 44.6 Å². The minimum Gasteiger partial charge on any atom is -0.490 e. The van der Waals surface area contributed by atoms with Gasteiger partial charge in [-0.05, 0) is 56.4 Å². The predicted molar refractivity (Wildman–Crippen MR) is 90.8 cm³/mol. The van der Waals surface area contributed by atoms with Crippen molar-refractivity contribution in [3.8, 4) is 11.8 Å². The van der Waals surface area contributed by atoms with Crippen LogP contribution in [0.4, 0.5) is 0 Å². The molecule has 0 aliphatic heterocycles. The highest BCUT2D eigenvalue weighted by Crippen LogP contribution is 2.24. The van der Waals surface area contributed by atoms with Gasteiger partial charge in [0.05, 0.1) is 18.6 Å². The summed E-state index contributed by atoms with van der Waals surface area (Å²) < 4.78 is 5.98. The monoisotopic (exact) mass is 312 g/mol. The fourth-order valence-electron chi connectivity index (χ4n) is 2.66. The zero-order valence-electron chi connectivity index (χ0n) is 13.9. The van der Waals surface area contributed by atoms with E-state index >= 15 is 0 Å². The molecule has 0 spiro atoms. The molecule has 1 atom stereocenters. The molecule has 4 nitrogen and oxygen atoms in total. The Labute approximate surface area is 138 Å². The van der Waals surface area contributed by atoms with Gasteiger partial charge in [0.2, 0.25) is 5.91 Å². The lowest BCUT2D eigenvalue weighted by Gasteiger charge is -2.21. The Hall–Kier alpha value is -2.28. The number of carbonyl (C=O) groups is 1. The fraction of sp³-hybridized carbons (Fsp3) is 0.474. The van der Waals surface area contributed by atoms with Gasteiger partial charge in [-0.15, -0.1) is 0 Å². The zero-order chi connectivity index (χ0) is 16.7. The second-order valence-corrected chi connectivity index (χ2v) is 6.09. The molecular weight excluding hydrogens is 288 g/mol. The van der Waals surface area contributed by atoms with Crippen LogP contribution in [-0.4, -0.2) is 30.0 Å². The number of nitrogens with zero attached hydrogens (tertiary/aromatic N) is 2. The van der Waals surface area contributed by atoms with E-state index in [1.54, 1.807) is 24.1 Å². The molecule has 2 rings (SSSR count). The molecule has 0 saturated heterocycles. The Morgan fingerprint density at radius 1 is 1.48 bits per heavy atom. The van der Waals surface area contributed by atoms with E-state index < -0.39 is 0 Å². The largest absolute Gasteiger partial charge is 0.490 e. The molecule has 23 heavy (non-hydrogen) atoms. The van der Waals surface area contributed by atoms with Crippen LogP contribution in [0.5, 0.6) is 5.75 Å². The highest BCUT2D eigenvalue weighted by atomic mass is 16.5. The lowest BCUT2D eigenvalue weighted by molar-refractivity contribution is -0.126. The van der Waals surface area contributed by atoms with E-state index in [0.29, 0.717) is 12.5 Å². The molecule has 1 unspecified atom stereocenters. The van der Waals surface area contributed by atoms with Gasteiger partial charge in [0.15, 0.2) is 0 Å². The van der Waals surface area contributed by atoms with E-state index in [1.807, 2.05) is 31.2 Å². The summed E-state index contributed by atoms with van der Waals surface area (Å²) >= 11 is 0. The van der Waals surface area contributed by atoms with Crippen molar-refractivity contribution in [1.29, 1.82) is 5.26 Å². The molecule has 122 valence electrons. The van der Waals surface area contributed by atoms with Crippen molar-refractivity contribution >= 4 is 12.0 Å². The van der Waals surface area contributed by atoms with Gasteiger partial charge in [0.1, 0.15) is 5.75 Å². The summed E-state index contributed by atoms with van der Waals surface area (Å²) in [4.78, 5) is 13.7.